The highest BCUT2D eigenvalue weighted by atomic mass is 35.5. The number of rotatable bonds is 4. The monoisotopic (exact) mass is 369 g/mol. The number of amides is 1. The normalized spacial score (nSPS) is 16.3. The van der Waals surface area contributed by atoms with Crippen molar-refractivity contribution in [2.45, 2.75) is 19.4 Å². The van der Waals surface area contributed by atoms with Gasteiger partial charge in [0.05, 0.1) is 5.69 Å². The summed E-state index contributed by atoms with van der Waals surface area (Å²) in [6.07, 6.45) is -0.0741. The van der Waals surface area contributed by atoms with Crippen LogP contribution in [0.2, 0.25) is 5.02 Å². The summed E-state index contributed by atoms with van der Waals surface area (Å²) < 4.78 is 11.0. The third-order valence-corrected chi connectivity index (χ3v) is 4.41. The van der Waals surface area contributed by atoms with Gasteiger partial charge in [-0.15, -0.1) is 0 Å². The van der Waals surface area contributed by atoms with Gasteiger partial charge in [-0.3, -0.25) is 4.79 Å². The van der Waals surface area contributed by atoms with Crippen molar-refractivity contribution in [2.24, 2.45) is 0 Å². The van der Waals surface area contributed by atoms with Crippen molar-refractivity contribution in [3.8, 4) is 17.1 Å². The van der Waals surface area contributed by atoms with Gasteiger partial charge < -0.3 is 14.2 Å². The second kappa shape index (κ2) is 6.80. The van der Waals surface area contributed by atoms with Gasteiger partial charge in [0.25, 0.3) is 5.91 Å². The molecule has 1 unspecified atom stereocenters. The molecular weight excluding hydrogens is 354 g/mol. The lowest BCUT2D eigenvalue weighted by atomic mass is 10.1. The minimum Gasteiger partial charge on any atom is -0.479 e. The Kier molecular flexibility index (Phi) is 4.34. The van der Waals surface area contributed by atoms with Crippen molar-refractivity contribution >= 4 is 23.2 Å². The first-order valence-electron chi connectivity index (χ1n) is 8.27. The standard InChI is InChI=1S/C19H16ClN3O3/c1-12-19(24)23(15-7-2-3-8-16(15)25-12)10-9-17-21-18(22-26-17)13-5-4-6-14(20)11-13/h2-8,11-12H,9-10H2,1H3. The Hall–Kier alpha value is -2.86. The fourth-order valence-electron chi connectivity index (χ4n) is 2.90. The lowest BCUT2D eigenvalue weighted by Crippen LogP contribution is -2.45. The van der Waals surface area contributed by atoms with Crippen molar-refractivity contribution < 1.29 is 14.1 Å². The van der Waals surface area contributed by atoms with Crippen LogP contribution < -0.4 is 9.64 Å². The second-order valence-electron chi connectivity index (χ2n) is 5.99. The summed E-state index contributed by atoms with van der Waals surface area (Å²) in [6.45, 7) is 2.18. The van der Waals surface area contributed by atoms with E-state index in [1.165, 1.54) is 0 Å². The predicted molar refractivity (Wildman–Crippen MR) is 97.3 cm³/mol. The Labute approximate surface area is 155 Å². The zero-order valence-corrected chi connectivity index (χ0v) is 14.8. The number of anilines is 1. The van der Waals surface area contributed by atoms with E-state index >= 15 is 0 Å². The molecule has 4 rings (SSSR count). The minimum atomic E-state index is -0.519. The van der Waals surface area contributed by atoms with Crippen LogP contribution in [0.3, 0.4) is 0 Å². The van der Waals surface area contributed by atoms with E-state index in [2.05, 4.69) is 10.1 Å². The van der Waals surface area contributed by atoms with Crippen LogP contribution in [0.1, 0.15) is 12.8 Å². The third kappa shape index (κ3) is 3.15. The first-order chi connectivity index (χ1) is 12.6. The molecule has 26 heavy (non-hydrogen) atoms. The van der Waals surface area contributed by atoms with E-state index in [1.807, 2.05) is 36.4 Å². The predicted octanol–water partition coefficient (Wildman–Crippen LogP) is 3.75. The van der Waals surface area contributed by atoms with E-state index < -0.39 is 6.10 Å². The smallest absolute Gasteiger partial charge is 0.267 e. The number of para-hydroxylation sites is 2. The van der Waals surface area contributed by atoms with Gasteiger partial charge in [-0.25, -0.2) is 0 Å². The Bertz CT molecular complexity index is 956. The number of aromatic nitrogens is 2. The number of hydrogen-bond acceptors (Lipinski definition) is 5. The minimum absolute atomic E-state index is 0.0849. The highest BCUT2D eigenvalue weighted by molar-refractivity contribution is 6.30. The van der Waals surface area contributed by atoms with Crippen LogP contribution >= 0.6 is 11.6 Å². The molecule has 0 N–H and O–H groups in total. The maximum Gasteiger partial charge on any atom is 0.267 e. The molecule has 1 atom stereocenters. The molecule has 3 aromatic rings. The molecule has 2 aromatic carbocycles. The number of benzene rings is 2. The van der Waals surface area contributed by atoms with Crippen LogP contribution in [0, 0.1) is 0 Å². The van der Waals surface area contributed by atoms with Crippen LogP contribution in [-0.2, 0) is 11.2 Å². The molecule has 1 amide bonds. The van der Waals surface area contributed by atoms with Crippen LogP contribution in [0.25, 0.3) is 11.4 Å². The van der Waals surface area contributed by atoms with Crippen molar-refractivity contribution in [3.63, 3.8) is 0 Å². The van der Waals surface area contributed by atoms with Gasteiger partial charge in [0.15, 0.2) is 6.10 Å². The topological polar surface area (TPSA) is 68.5 Å². The van der Waals surface area contributed by atoms with Crippen LogP contribution in [0.4, 0.5) is 5.69 Å². The molecule has 1 aliphatic heterocycles. The van der Waals surface area contributed by atoms with Crippen LogP contribution in [0.15, 0.2) is 53.1 Å². The first kappa shape index (κ1) is 16.6. The molecule has 0 aliphatic carbocycles. The fraction of sp³-hybridized carbons (Fsp3) is 0.211. The SMILES string of the molecule is CC1Oc2ccccc2N(CCc2nc(-c3cccc(Cl)c3)no2)C1=O. The molecule has 1 aliphatic rings. The van der Waals surface area contributed by atoms with E-state index in [4.69, 9.17) is 20.9 Å². The Morgan fingerprint density at radius 3 is 2.88 bits per heavy atom. The number of fused-ring (bicyclic) bond motifs is 1. The molecule has 6 nitrogen and oxygen atoms in total. The van der Waals surface area contributed by atoms with Gasteiger partial charge in [-0.2, -0.15) is 4.98 Å². The second-order valence-corrected chi connectivity index (χ2v) is 6.43. The van der Waals surface area contributed by atoms with Gasteiger partial charge in [-0.05, 0) is 31.2 Å². The van der Waals surface area contributed by atoms with Crippen molar-refractivity contribution in [1.82, 2.24) is 10.1 Å². The number of nitrogens with zero attached hydrogens (tertiary/aromatic N) is 3. The molecule has 0 spiro atoms. The van der Waals surface area contributed by atoms with E-state index in [0.29, 0.717) is 35.5 Å². The molecule has 0 saturated heterocycles. The van der Waals surface area contributed by atoms with Crippen molar-refractivity contribution in [1.29, 1.82) is 0 Å². The molecule has 7 heteroatoms. The van der Waals surface area contributed by atoms with Crippen LogP contribution in [0.5, 0.6) is 5.75 Å². The summed E-state index contributed by atoms with van der Waals surface area (Å²) in [5.74, 6) is 1.55. The zero-order chi connectivity index (χ0) is 18.1. The summed E-state index contributed by atoms with van der Waals surface area (Å²) in [7, 11) is 0. The van der Waals surface area contributed by atoms with Gasteiger partial charge in [-0.1, -0.05) is 41.0 Å². The van der Waals surface area contributed by atoms with Crippen LogP contribution in [-0.4, -0.2) is 28.7 Å². The summed E-state index contributed by atoms with van der Waals surface area (Å²) in [5, 5.41) is 4.61. The highest BCUT2D eigenvalue weighted by Gasteiger charge is 2.31. The number of carbonyl (C=O) groups excluding carboxylic acids is 1. The Morgan fingerprint density at radius 2 is 2.04 bits per heavy atom. The molecule has 1 aromatic heterocycles. The first-order valence-corrected chi connectivity index (χ1v) is 8.65. The van der Waals surface area contributed by atoms with Crippen molar-refractivity contribution in [3.05, 3.63) is 59.4 Å². The van der Waals surface area contributed by atoms with Gasteiger partial charge in [0, 0.05) is 23.6 Å². The maximum atomic E-state index is 12.5. The highest BCUT2D eigenvalue weighted by Crippen LogP contribution is 2.33. The molecule has 2 heterocycles. The average molecular weight is 370 g/mol. The molecule has 0 radical (unpaired) electrons. The Balaban J connectivity index is 1.52. The van der Waals surface area contributed by atoms with E-state index in [0.717, 1.165) is 11.3 Å². The fourth-order valence-corrected chi connectivity index (χ4v) is 3.09. The lowest BCUT2D eigenvalue weighted by molar-refractivity contribution is -0.125. The summed E-state index contributed by atoms with van der Waals surface area (Å²) in [6, 6.07) is 14.7. The van der Waals surface area contributed by atoms with E-state index in [-0.39, 0.29) is 5.91 Å². The molecule has 0 saturated carbocycles. The van der Waals surface area contributed by atoms with E-state index in [1.54, 1.807) is 24.0 Å². The average Bonchev–Trinajstić information content (AvgIpc) is 3.11. The quantitative estimate of drug-likeness (QED) is 0.700. The maximum absolute atomic E-state index is 12.5. The third-order valence-electron chi connectivity index (χ3n) is 4.17. The van der Waals surface area contributed by atoms with Gasteiger partial charge >= 0.3 is 0 Å². The zero-order valence-electron chi connectivity index (χ0n) is 14.1. The molecule has 132 valence electrons. The lowest BCUT2D eigenvalue weighted by Gasteiger charge is -2.32. The van der Waals surface area contributed by atoms with E-state index in [9.17, 15) is 4.79 Å². The number of hydrogen-bond donors (Lipinski definition) is 0. The number of carbonyl (C=O) groups is 1. The molecule has 0 fully saturated rings. The van der Waals surface area contributed by atoms with Gasteiger partial charge in [0.2, 0.25) is 11.7 Å². The van der Waals surface area contributed by atoms with Gasteiger partial charge in [0.1, 0.15) is 5.75 Å². The Morgan fingerprint density at radius 1 is 1.19 bits per heavy atom. The van der Waals surface area contributed by atoms with Crippen molar-refractivity contribution in [2.75, 3.05) is 11.4 Å². The summed E-state index contributed by atoms with van der Waals surface area (Å²) >= 11 is 6.00. The number of halogens is 1. The number of ether oxygens (including phenoxy) is 1. The summed E-state index contributed by atoms with van der Waals surface area (Å²) in [4.78, 5) is 18.6. The molecular formula is C19H16ClN3O3. The largest absolute Gasteiger partial charge is 0.479 e. The molecule has 0 bridgehead atoms. The summed E-state index contributed by atoms with van der Waals surface area (Å²) in [5.41, 5.74) is 1.54.